The molecule has 0 bridgehead atoms. The molecule has 0 heterocycles. The van der Waals surface area contributed by atoms with Gasteiger partial charge in [-0.15, -0.1) is 0 Å². The summed E-state index contributed by atoms with van der Waals surface area (Å²) in [5, 5.41) is 0.411. The lowest BCUT2D eigenvalue weighted by molar-refractivity contribution is 0.374. The molecule has 0 N–H and O–H groups in total. The molecule has 128 valence electrons. The average molecular weight is 371 g/mol. The van der Waals surface area contributed by atoms with Gasteiger partial charge in [0.2, 0.25) is 0 Å². The van der Waals surface area contributed by atoms with Crippen LogP contribution in [-0.2, 0) is 21.0 Å². The average Bonchev–Trinajstić information content (AvgIpc) is 2.51. The van der Waals surface area contributed by atoms with E-state index in [-0.39, 0.29) is 28.4 Å². The van der Waals surface area contributed by atoms with Crippen LogP contribution in [0.5, 0.6) is 0 Å². The fraction of sp³-hybridized carbons (Fsp3) is 0.333. The van der Waals surface area contributed by atoms with E-state index in [1.54, 1.807) is 0 Å². The summed E-state index contributed by atoms with van der Waals surface area (Å²) < 4.78 is 53.8. The van der Waals surface area contributed by atoms with E-state index in [2.05, 4.69) is 0 Å². The number of sulfone groups is 1. The van der Waals surface area contributed by atoms with E-state index in [1.165, 1.54) is 31.2 Å². The van der Waals surface area contributed by atoms with Crippen LogP contribution in [0.4, 0.5) is 8.78 Å². The number of rotatable bonds is 2. The molecule has 0 saturated carbocycles. The van der Waals surface area contributed by atoms with Crippen LogP contribution in [0.1, 0.15) is 31.4 Å². The highest BCUT2D eigenvalue weighted by Gasteiger charge is 2.49. The van der Waals surface area contributed by atoms with Gasteiger partial charge in [0.1, 0.15) is 16.4 Å². The van der Waals surface area contributed by atoms with E-state index in [4.69, 9.17) is 11.6 Å². The molecule has 3 rings (SSSR count). The third-order valence-corrected chi connectivity index (χ3v) is 7.44. The first-order valence-corrected chi connectivity index (χ1v) is 9.50. The molecule has 0 spiro atoms. The first-order valence-electron chi connectivity index (χ1n) is 7.64. The molecule has 1 aliphatic rings. The quantitative estimate of drug-likeness (QED) is 0.754. The molecule has 2 unspecified atom stereocenters. The monoisotopic (exact) mass is 370 g/mol. The van der Waals surface area contributed by atoms with Crippen molar-refractivity contribution >= 4 is 21.4 Å². The minimum Gasteiger partial charge on any atom is -0.223 e. The van der Waals surface area contributed by atoms with Gasteiger partial charge in [-0.05, 0) is 67.6 Å². The van der Waals surface area contributed by atoms with Gasteiger partial charge in [0.05, 0.1) is 4.90 Å². The summed E-state index contributed by atoms with van der Waals surface area (Å²) in [6.07, 6.45) is 0.552. The Labute approximate surface area is 145 Å². The van der Waals surface area contributed by atoms with Gasteiger partial charge in [-0.1, -0.05) is 18.5 Å². The molecular formula is C18H17ClF2O2S. The van der Waals surface area contributed by atoms with E-state index >= 15 is 0 Å². The Hall–Kier alpha value is -1.46. The van der Waals surface area contributed by atoms with Crippen molar-refractivity contribution in [3.05, 3.63) is 64.2 Å². The Kier molecular flexibility index (Phi) is 4.21. The normalized spacial score (nSPS) is 23.8. The van der Waals surface area contributed by atoms with Gasteiger partial charge in [-0.3, -0.25) is 0 Å². The van der Waals surface area contributed by atoms with Gasteiger partial charge in [0.25, 0.3) is 0 Å². The van der Waals surface area contributed by atoms with Gasteiger partial charge < -0.3 is 0 Å². The highest BCUT2D eigenvalue weighted by Crippen LogP contribution is 2.47. The van der Waals surface area contributed by atoms with Gasteiger partial charge in [0, 0.05) is 10.6 Å². The minimum absolute atomic E-state index is 0.0458. The van der Waals surface area contributed by atoms with E-state index in [0.29, 0.717) is 11.4 Å². The fourth-order valence-corrected chi connectivity index (χ4v) is 5.80. The lowest BCUT2D eigenvalue weighted by Crippen LogP contribution is -2.40. The van der Waals surface area contributed by atoms with Crippen molar-refractivity contribution in [2.24, 2.45) is 5.92 Å². The third kappa shape index (κ3) is 2.54. The van der Waals surface area contributed by atoms with Gasteiger partial charge >= 0.3 is 0 Å². The van der Waals surface area contributed by atoms with Crippen LogP contribution in [0.3, 0.4) is 0 Å². The lowest BCUT2D eigenvalue weighted by Gasteiger charge is -2.38. The van der Waals surface area contributed by atoms with Crippen LogP contribution < -0.4 is 0 Å². The van der Waals surface area contributed by atoms with Crippen molar-refractivity contribution in [2.75, 3.05) is 0 Å². The predicted molar refractivity (Wildman–Crippen MR) is 89.8 cm³/mol. The Morgan fingerprint density at radius 2 is 1.67 bits per heavy atom. The zero-order valence-electron chi connectivity index (χ0n) is 13.3. The van der Waals surface area contributed by atoms with Crippen LogP contribution in [0.2, 0.25) is 5.02 Å². The summed E-state index contributed by atoms with van der Waals surface area (Å²) in [7, 11) is -3.93. The van der Waals surface area contributed by atoms with E-state index in [1.807, 2.05) is 6.92 Å². The number of benzene rings is 2. The predicted octanol–water partition coefficient (Wildman–Crippen LogP) is 4.89. The SMILES string of the molecule is CC1Cc2c(F)ccc(F)c2C(C)(S(=O)(=O)c2ccc(Cl)cc2)C1. The van der Waals surface area contributed by atoms with Crippen LogP contribution >= 0.6 is 11.6 Å². The summed E-state index contributed by atoms with van der Waals surface area (Å²) >= 11 is 5.83. The minimum atomic E-state index is -3.93. The van der Waals surface area contributed by atoms with Crippen molar-refractivity contribution in [1.29, 1.82) is 0 Å². The molecule has 1 aliphatic carbocycles. The molecule has 24 heavy (non-hydrogen) atoms. The molecule has 0 radical (unpaired) electrons. The summed E-state index contributed by atoms with van der Waals surface area (Å²) in [6.45, 7) is 3.33. The number of hydrogen-bond donors (Lipinski definition) is 0. The summed E-state index contributed by atoms with van der Waals surface area (Å²) in [4.78, 5) is 0.0538. The Balaban J connectivity index is 2.28. The second kappa shape index (κ2) is 5.81. The fourth-order valence-electron chi connectivity index (χ4n) is 3.67. The lowest BCUT2D eigenvalue weighted by atomic mass is 9.77. The van der Waals surface area contributed by atoms with Crippen LogP contribution in [0, 0.1) is 17.6 Å². The summed E-state index contributed by atoms with van der Waals surface area (Å²) in [5.74, 6) is -1.32. The van der Waals surface area contributed by atoms with Crippen molar-refractivity contribution < 1.29 is 17.2 Å². The van der Waals surface area contributed by atoms with Gasteiger partial charge in [-0.25, -0.2) is 17.2 Å². The van der Waals surface area contributed by atoms with Crippen molar-refractivity contribution in [2.45, 2.75) is 36.3 Å². The molecule has 0 amide bonds. The topological polar surface area (TPSA) is 34.1 Å². The Bertz CT molecular complexity index is 894. The number of hydrogen-bond acceptors (Lipinski definition) is 2. The Morgan fingerprint density at radius 3 is 2.29 bits per heavy atom. The Morgan fingerprint density at radius 1 is 1.08 bits per heavy atom. The van der Waals surface area contributed by atoms with Crippen LogP contribution in [-0.4, -0.2) is 8.42 Å². The van der Waals surface area contributed by atoms with Crippen LogP contribution in [0.25, 0.3) is 0 Å². The van der Waals surface area contributed by atoms with E-state index in [9.17, 15) is 17.2 Å². The maximum absolute atomic E-state index is 14.5. The molecule has 2 aromatic carbocycles. The standard InChI is InChI=1S/C18H17ClF2O2S/c1-11-9-14-15(20)7-8-16(21)17(14)18(2,10-11)24(22,23)13-5-3-12(19)4-6-13/h3-8,11H,9-10H2,1-2H3. The zero-order chi connectivity index (χ0) is 17.7. The summed E-state index contributed by atoms with van der Waals surface area (Å²) in [5.41, 5.74) is 0.115. The number of halogens is 3. The maximum atomic E-state index is 14.5. The second-order valence-corrected chi connectivity index (χ2v) is 9.40. The molecule has 0 fully saturated rings. The second-order valence-electron chi connectivity index (χ2n) is 6.58. The van der Waals surface area contributed by atoms with Gasteiger partial charge in [-0.2, -0.15) is 0 Å². The highest BCUT2D eigenvalue weighted by atomic mass is 35.5. The molecule has 2 atom stereocenters. The molecule has 0 aromatic heterocycles. The van der Waals surface area contributed by atoms with E-state index < -0.39 is 26.2 Å². The summed E-state index contributed by atoms with van der Waals surface area (Å²) in [6, 6.07) is 7.82. The number of fused-ring (bicyclic) bond motifs is 1. The molecule has 2 nitrogen and oxygen atoms in total. The zero-order valence-corrected chi connectivity index (χ0v) is 14.9. The largest absolute Gasteiger partial charge is 0.223 e. The highest BCUT2D eigenvalue weighted by molar-refractivity contribution is 7.92. The van der Waals surface area contributed by atoms with Crippen molar-refractivity contribution in [1.82, 2.24) is 0 Å². The molecule has 6 heteroatoms. The third-order valence-electron chi connectivity index (χ3n) is 4.74. The molecule has 0 saturated heterocycles. The van der Waals surface area contributed by atoms with Gasteiger partial charge in [0.15, 0.2) is 9.84 Å². The molecule has 0 aliphatic heterocycles. The van der Waals surface area contributed by atoms with E-state index in [0.717, 1.165) is 12.1 Å². The molecular weight excluding hydrogens is 354 g/mol. The van der Waals surface area contributed by atoms with Crippen LogP contribution in [0.15, 0.2) is 41.3 Å². The maximum Gasteiger partial charge on any atom is 0.188 e. The first-order chi connectivity index (χ1) is 11.2. The molecule has 2 aromatic rings. The first kappa shape index (κ1) is 17.4. The van der Waals surface area contributed by atoms with Crippen molar-refractivity contribution in [3.8, 4) is 0 Å². The smallest absolute Gasteiger partial charge is 0.188 e. The van der Waals surface area contributed by atoms with Crippen molar-refractivity contribution in [3.63, 3.8) is 0 Å².